The molecule has 0 aromatic heterocycles. The van der Waals surface area contributed by atoms with Crippen molar-refractivity contribution in [1.29, 1.82) is 0 Å². The molecule has 0 N–H and O–H groups in total. The molecule has 2 nitrogen and oxygen atoms in total. The SMILES string of the molecule is CC12CCC1(C)N(c1ccccc1)c1ccc(-c3cc(-c4cccc5ccccc45)c4ccc5c(-c6ccc7c(c6)C6(C)CCC6(C)N7c6ccccc6)cc(-c6cccc7ccccc67)c6ccc3c4c56)cc12. The summed E-state index contributed by atoms with van der Waals surface area (Å²) in [5.74, 6) is 0. The van der Waals surface area contributed by atoms with Gasteiger partial charge < -0.3 is 9.80 Å². The molecule has 2 aliphatic heterocycles. The van der Waals surface area contributed by atoms with E-state index >= 15 is 0 Å². The summed E-state index contributed by atoms with van der Waals surface area (Å²) < 4.78 is 0. The van der Waals surface area contributed by atoms with Gasteiger partial charge in [0.2, 0.25) is 0 Å². The van der Waals surface area contributed by atoms with Crippen LogP contribution in [0.2, 0.25) is 0 Å². The minimum atomic E-state index is 0.00651. The average Bonchev–Trinajstić information content (AvgIpc) is 3.74. The van der Waals surface area contributed by atoms with Gasteiger partial charge in [-0.15, -0.1) is 0 Å². The Morgan fingerprint density at radius 2 is 0.676 bits per heavy atom. The van der Waals surface area contributed by atoms with Crippen LogP contribution in [0.5, 0.6) is 0 Å². The van der Waals surface area contributed by atoms with E-state index in [1.165, 1.54) is 158 Å². The number of fused-ring (bicyclic) bond motifs is 8. The maximum Gasteiger partial charge on any atom is 0.0518 e. The van der Waals surface area contributed by atoms with Gasteiger partial charge in [-0.3, -0.25) is 0 Å². The first-order valence-corrected chi connectivity index (χ1v) is 26.9. The topological polar surface area (TPSA) is 6.48 Å². The Balaban J connectivity index is 1.00. The Bertz CT molecular complexity index is 4050. The smallest absolute Gasteiger partial charge is 0.0518 e. The maximum atomic E-state index is 2.65. The van der Waals surface area contributed by atoms with Crippen LogP contribution >= 0.6 is 0 Å². The molecule has 2 saturated carbocycles. The highest BCUT2D eigenvalue weighted by Gasteiger charge is 2.64. The van der Waals surface area contributed by atoms with Crippen molar-refractivity contribution in [3.05, 3.63) is 230 Å². The van der Waals surface area contributed by atoms with Gasteiger partial charge in [0.25, 0.3) is 0 Å². The molecule has 354 valence electrons. The molecule has 4 aliphatic rings. The number of rotatable bonds is 6. The number of hydrogen-bond acceptors (Lipinski definition) is 2. The predicted molar refractivity (Wildman–Crippen MR) is 314 cm³/mol. The summed E-state index contributed by atoms with van der Waals surface area (Å²) in [6, 6.07) is 83.6. The van der Waals surface area contributed by atoms with Gasteiger partial charge in [0.05, 0.1) is 11.1 Å². The molecule has 12 aromatic rings. The van der Waals surface area contributed by atoms with Crippen LogP contribution in [0, 0.1) is 0 Å². The van der Waals surface area contributed by atoms with Gasteiger partial charge >= 0.3 is 0 Å². The first-order valence-electron chi connectivity index (χ1n) is 26.9. The van der Waals surface area contributed by atoms with Crippen LogP contribution in [-0.4, -0.2) is 11.1 Å². The lowest BCUT2D eigenvalue weighted by molar-refractivity contribution is 0.133. The predicted octanol–water partition coefficient (Wildman–Crippen LogP) is 19.5. The largest absolute Gasteiger partial charge is 0.334 e. The van der Waals surface area contributed by atoms with Crippen LogP contribution in [0.3, 0.4) is 0 Å². The van der Waals surface area contributed by atoms with Crippen LogP contribution < -0.4 is 9.80 Å². The molecule has 0 amide bonds. The number of hydrogen-bond donors (Lipinski definition) is 0. The van der Waals surface area contributed by atoms with Gasteiger partial charge in [0.15, 0.2) is 0 Å². The maximum absolute atomic E-state index is 2.65. The summed E-state index contributed by atoms with van der Waals surface area (Å²) >= 11 is 0. The summed E-state index contributed by atoms with van der Waals surface area (Å²) in [5, 5.41) is 12.9. The van der Waals surface area contributed by atoms with Gasteiger partial charge in [-0.2, -0.15) is 0 Å². The first-order chi connectivity index (χ1) is 36.2. The summed E-state index contributed by atoms with van der Waals surface area (Å²) in [6.45, 7) is 10.0. The summed E-state index contributed by atoms with van der Waals surface area (Å²) in [7, 11) is 0. The fourth-order valence-corrected chi connectivity index (χ4v) is 15.3. The number of nitrogens with zero attached hydrogens (tertiary/aromatic N) is 2. The third-order valence-corrected chi connectivity index (χ3v) is 20.0. The Labute approximate surface area is 433 Å². The molecule has 0 saturated heterocycles. The molecule has 16 rings (SSSR count). The Kier molecular flexibility index (Phi) is 8.43. The lowest BCUT2D eigenvalue weighted by atomic mass is 9.55. The van der Waals surface area contributed by atoms with Crippen molar-refractivity contribution < 1.29 is 0 Å². The molecule has 0 spiro atoms. The fraction of sp³-hybridized carbons (Fsp3) is 0.167. The fourth-order valence-electron chi connectivity index (χ4n) is 15.3. The van der Waals surface area contributed by atoms with Crippen molar-refractivity contribution in [2.45, 2.75) is 75.3 Å². The van der Waals surface area contributed by atoms with Crippen LogP contribution in [0.1, 0.15) is 64.5 Å². The third kappa shape index (κ3) is 5.30. The zero-order valence-corrected chi connectivity index (χ0v) is 42.5. The minimum absolute atomic E-state index is 0.00651. The van der Waals surface area contributed by atoms with Gasteiger partial charge in [0, 0.05) is 33.6 Å². The normalized spacial score (nSPS) is 22.5. The molecule has 4 unspecified atom stereocenters. The van der Waals surface area contributed by atoms with E-state index in [0.717, 1.165) is 0 Å². The second kappa shape index (κ2) is 14.7. The van der Waals surface area contributed by atoms with Crippen molar-refractivity contribution in [2.75, 3.05) is 9.80 Å². The van der Waals surface area contributed by atoms with E-state index < -0.39 is 0 Å². The quantitative estimate of drug-likeness (QED) is 0.153. The van der Waals surface area contributed by atoms with E-state index in [0.29, 0.717) is 0 Å². The van der Waals surface area contributed by atoms with Gasteiger partial charge in [-0.1, -0.05) is 172 Å². The number of anilines is 4. The molecule has 12 aromatic carbocycles. The van der Waals surface area contributed by atoms with Gasteiger partial charge in [-0.05, 0) is 210 Å². The highest BCUT2D eigenvalue weighted by Crippen LogP contribution is 2.67. The molecule has 0 radical (unpaired) electrons. The van der Waals surface area contributed by atoms with Crippen LogP contribution in [0.15, 0.2) is 218 Å². The lowest BCUT2D eigenvalue weighted by Gasteiger charge is -2.56. The van der Waals surface area contributed by atoms with Crippen LogP contribution in [0.25, 0.3) is 98.4 Å². The third-order valence-electron chi connectivity index (χ3n) is 20.0. The van der Waals surface area contributed by atoms with Crippen LogP contribution in [-0.2, 0) is 10.8 Å². The van der Waals surface area contributed by atoms with E-state index in [-0.39, 0.29) is 21.9 Å². The number of para-hydroxylation sites is 2. The van der Waals surface area contributed by atoms with Crippen molar-refractivity contribution >= 4 is 76.6 Å². The Morgan fingerprint density at radius 1 is 0.297 bits per heavy atom. The zero-order chi connectivity index (χ0) is 49.3. The summed E-state index contributed by atoms with van der Waals surface area (Å²) in [5.41, 5.74) is 18.5. The molecule has 2 fully saturated rings. The van der Waals surface area contributed by atoms with E-state index in [9.17, 15) is 0 Å². The van der Waals surface area contributed by atoms with Crippen LogP contribution in [0.4, 0.5) is 22.7 Å². The Morgan fingerprint density at radius 3 is 1.08 bits per heavy atom. The first kappa shape index (κ1) is 42.3. The van der Waals surface area contributed by atoms with Crippen molar-refractivity contribution in [3.63, 3.8) is 0 Å². The van der Waals surface area contributed by atoms with Gasteiger partial charge in [0.1, 0.15) is 0 Å². The van der Waals surface area contributed by atoms with E-state index in [1.54, 1.807) is 0 Å². The lowest BCUT2D eigenvalue weighted by Crippen LogP contribution is -2.60. The highest BCUT2D eigenvalue weighted by atomic mass is 15.3. The van der Waals surface area contributed by atoms with E-state index in [2.05, 4.69) is 256 Å². The highest BCUT2D eigenvalue weighted by molar-refractivity contribution is 6.33. The standard InChI is InChI=1S/C72H56N2/c1-69-37-39-71(69,3)73(49-21-7-5-8-22-49)65-35-29-47(41-63(65)69)59-43-61(53-27-15-19-45-17-11-13-25-51(45)53)57-34-32-56-60(48-30-36-66-64(42-48)70(2)38-40-72(70,4)74(66)50-23-9-6-10-24-50)44-62(58-33-31-55(59)67(57)68(56)58)54-28-16-20-46-18-12-14-26-52(46)54/h5-36,41-44H,37-40H2,1-4H3. The van der Waals surface area contributed by atoms with Crippen molar-refractivity contribution in [3.8, 4) is 44.5 Å². The molecule has 74 heavy (non-hydrogen) atoms. The zero-order valence-electron chi connectivity index (χ0n) is 42.5. The molecule has 2 aliphatic carbocycles. The second-order valence-corrected chi connectivity index (χ2v) is 23.1. The van der Waals surface area contributed by atoms with E-state index in [1.807, 2.05) is 0 Å². The molecule has 2 heteroatoms. The molecule has 4 atom stereocenters. The van der Waals surface area contributed by atoms with Crippen molar-refractivity contribution in [1.82, 2.24) is 0 Å². The molecule has 0 bridgehead atoms. The average molecular weight is 949 g/mol. The van der Waals surface area contributed by atoms with E-state index in [4.69, 9.17) is 0 Å². The summed E-state index contributed by atoms with van der Waals surface area (Å²) in [4.78, 5) is 5.31. The Hall–Kier alpha value is -8.20. The number of benzene rings is 12. The minimum Gasteiger partial charge on any atom is -0.334 e. The van der Waals surface area contributed by atoms with Gasteiger partial charge in [-0.25, -0.2) is 0 Å². The van der Waals surface area contributed by atoms with Crippen molar-refractivity contribution in [2.24, 2.45) is 0 Å². The monoisotopic (exact) mass is 948 g/mol. The molecular formula is C72H56N2. The molecule has 2 heterocycles. The molecular weight excluding hydrogens is 893 g/mol. The summed E-state index contributed by atoms with van der Waals surface area (Å²) in [6.07, 6.45) is 4.69. The second-order valence-electron chi connectivity index (χ2n) is 23.1.